The summed E-state index contributed by atoms with van der Waals surface area (Å²) in [5, 5.41) is 20.7. The number of aromatic hydroxyl groups is 1. The smallest absolute Gasteiger partial charge is 0.134 e. The van der Waals surface area contributed by atoms with Crippen LogP contribution < -0.4 is 0 Å². The molecule has 0 aliphatic rings. The molecule has 0 amide bonds. The van der Waals surface area contributed by atoms with E-state index < -0.39 is 0 Å². The van der Waals surface area contributed by atoms with Crippen molar-refractivity contribution in [3.63, 3.8) is 0 Å². The van der Waals surface area contributed by atoms with Gasteiger partial charge in [0.15, 0.2) is 0 Å². The van der Waals surface area contributed by atoms with Crippen LogP contribution in [-0.2, 0) is 0 Å². The molecule has 0 radical (unpaired) electrons. The Balaban J connectivity index is 2.81. The molecular formula is C12H10O2. The number of phenolic OH excluding ortho intramolecular Hbond substituents is 1. The van der Waals surface area contributed by atoms with Gasteiger partial charge in [0.25, 0.3) is 0 Å². The normalized spacial score (nSPS) is 10.3. The molecule has 2 heteroatoms. The van der Waals surface area contributed by atoms with Crippen molar-refractivity contribution in [1.82, 2.24) is 0 Å². The third-order valence-electron chi connectivity index (χ3n) is 2.21. The number of fused-ring (bicyclic) bond motifs is 1. The zero-order valence-corrected chi connectivity index (χ0v) is 7.57. The number of aliphatic hydroxyl groups excluding tert-OH is 1. The Morgan fingerprint density at radius 1 is 1.07 bits per heavy atom. The van der Waals surface area contributed by atoms with E-state index in [1.165, 1.54) is 0 Å². The summed E-state index contributed by atoms with van der Waals surface area (Å²) in [6, 6.07) is 10.9. The van der Waals surface area contributed by atoms with Crippen LogP contribution in [0.2, 0.25) is 0 Å². The van der Waals surface area contributed by atoms with Gasteiger partial charge in [-0.3, -0.25) is 0 Å². The SMILES string of the molecule is C=C(O)c1ccc2ccccc2c1O. The van der Waals surface area contributed by atoms with Crippen molar-refractivity contribution in [3.05, 3.63) is 48.5 Å². The molecule has 2 aromatic carbocycles. The Labute approximate surface area is 81.7 Å². The van der Waals surface area contributed by atoms with Crippen molar-refractivity contribution in [2.75, 3.05) is 0 Å². The van der Waals surface area contributed by atoms with Gasteiger partial charge in [0.2, 0.25) is 0 Å². The van der Waals surface area contributed by atoms with E-state index in [2.05, 4.69) is 6.58 Å². The van der Waals surface area contributed by atoms with E-state index in [9.17, 15) is 10.2 Å². The minimum absolute atomic E-state index is 0.0793. The zero-order chi connectivity index (χ0) is 10.1. The van der Waals surface area contributed by atoms with E-state index in [-0.39, 0.29) is 11.5 Å². The molecule has 0 aliphatic heterocycles. The summed E-state index contributed by atoms with van der Waals surface area (Å²) < 4.78 is 0. The number of benzene rings is 2. The summed E-state index contributed by atoms with van der Waals surface area (Å²) in [7, 11) is 0. The van der Waals surface area contributed by atoms with Gasteiger partial charge >= 0.3 is 0 Å². The fourth-order valence-corrected chi connectivity index (χ4v) is 1.49. The van der Waals surface area contributed by atoms with Crippen LogP contribution in [0.4, 0.5) is 0 Å². The molecule has 0 atom stereocenters. The summed E-state index contributed by atoms with van der Waals surface area (Å²) >= 11 is 0. The first-order valence-electron chi connectivity index (χ1n) is 4.29. The number of rotatable bonds is 1. The summed E-state index contributed by atoms with van der Waals surface area (Å²) in [5.74, 6) is -0.0381. The molecule has 0 heterocycles. The molecular weight excluding hydrogens is 176 g/mol. The third kappa shape index (κ3) is 1.21. The summed E-state index contributed by atoms with van der Waals surface area (Å²) in [4.78, 5) is 0. The van der Waals surface area contributed by atoms with E-state index in [1.807, 2.05) is 24.3 Å². The van der Waals surface area contributed by atoms with Crippen LogP contribution in [-0.4, -0.2) is 10.2 Å². The predicted molar refractivity (Wildman–Crippen MR) is 57.3 cm³/mol. The van der Waals surface area contributed by atoms with Crippen molar-refractivity contribution in [1.29, 1.82) is 0 Å². The van der Waals surface area contributed by atoms with Crippen LogP contribution in [0, 0.1) is 0 Å². The van der Waals surface area contributed by atoms with Crippen LogP contribution in [0.3, 0.4) is 0 Å². The van der Waals surface area contributed by atoms with Crippen molar-refractivity contribution in [2.24, 2.45) is 0 Å². The second-order valence-corrected chi connectivity index (χ2v) is 3.13. The standard InChI is InChI=1S/C12H10O2/c1-8(13)10-7-6-9-4-2-3-5-11(9)12(10)14/h2-7,13-14H,1H2. The van der Waals surface area contributed by atoms with Gasteiger partial charge in [-0.05, 0) is 11.5 Å². The fraction of sp³-hybridized carbons (Fsp3) is 0. The lowest BCUT2D eigenvalue weighted by molar-refractivity contribution is 0.466. The summed E-state index contributed by atoms with van der Waals surface area (Å²) in [5.41, 5.74) is 0.378. The average molecular weight is 186 g/mol. The highest BCUT2D eigenvalue weighted by atomic mass is 16.3. The average Bonchev–Trinajstić information content (AvgIpc) is 2.18. The molecule has 70 valence electrons. The first-order valence-corrected chi connectivity index (χ1v) is 4.29. The van der Waals surface area contributed by atoms with Gasteiger partial charge in [0, 0.05) is 5.39 Å². The van der Waals surface area contributed by atoms with E-state index >= 15 is 0 Å². The molecule has 0 fully saturated rings. The Bertz CT molecular complexity index is 501. The molecule has 2 N–H and O–H groups in total. The molecule has 0 bridgehead atoms. The maximum atomic E-state index is 9.80. The summed E-state index contributed by atoms with van der Waals surface area (Å²) in [6.45, 7) is 3.39. The van der Waals surface area contributed by atoms with Crippen molar-refractivity contribution < 1.29 is 10.2 Å². The molecule has 0 aromatic heterocycles. The first-order chi connectivity index (χ1) is 6.70. The van der Waals surface area contributed by atoms with Gasteiger partial charge in [-0.1, -0.05) is 36.9 Å². The number of phenols is 1. The maximum Gasteiger partial charge on any atom is 0.134 e. The van der Waals surface area contributed by atoms with Gasteiger partial charge in [-0.2, -0.15) is 0 Å². The molecule has 0 unspecified atom stereocenters. The van der Waals surface area contributed by atoms with E-state index in [0.29, 0.717) is 5.56 Å². The number of hydrogen-bond donors (Lipinski definition) is 2. The van der Waals surface area contributed by atoms with Crippen LogP contribution in [0.5, 0.6) is 5.75 Å². The largest absolute Gasteiger partial charge is 0.508 e. The Morgan fingerprint density at radius 3 is 2.50 bits per heavy atom. The Hall–Kier alpha value is -1.96. The molecule has 2 aromatic rings. The zero-order valence-electron chi connectivity index (χ0n) is 7.57. The van der Waals surface area contributed by atoms with Gasteiger partial charge in [-0.15, -0.1) is 0 Å². The first kappa shape index (κ1) is 8.63. The summed E-state index contributed by atoms with van der Waals surface area (Å²) in [6.07, 6.45) is 0. The Kier molecular flexibility index (Phi) is 1.89. The molecule has 0 saturated heterocycles. The third-order valence-corrected chi connectivity index (χ3v) is 2.21. The number of aliphatic hydroxyl groups is 1. The maximum absolute atomic E-state index is 9.80. The van der Waals surface area contributed by atoms with Gasteiger partial charge in [-0.25, -0.2) is 0 Å². The highest BCUT2D eigenvalue weighted by Crippen LogP contribution is 2.31. The van der Waals surface area contributed by atoms with Crippen LogP contribution >= 0.6 is 0 Å². The topological polar surface area (TPSA) is 40.5 Å². The second kappa shape index (κ2) is 3.07. The molecule has 2 rings (SSSR count). The molecule has 0 saturated carbocycles. The highest BCUT2D eigenvalue weighted by Gasteiger charge is 2.07. The van der Waals surface area contributed by atoms with Crippen LogP contribution in [0.15, 0.2) is 43.0 Å². The fourth-order valence-electron chi connectivity index (χ4n) is 1.49. The van der Waals surface area contributed by atoms with Crippen LogP contribution in [0.25, 0.3) is 16.5 Å². The minimum atomic E-state index is -0.117. The van der Waals surface area contributed by atoms with E-state index in [4.69, 9.17) is 0 Å². The van der Waals surface area contributed by atoms with Gasteiger partial charge in [0.05, 0.1) is 5.56 Å². The lowest BCUT2D eigenvalue weighted by atomic mass is 10.0. The quantitative estimate of drug-likeness (QED) is 0.672. The van der Waals surface area contributed by atoms with E-state index in [1.54, 1.807) is 12.1 Å². The molecule has 2 nitrogen and oxygen atoms in total. The Morgan fingerprint density at radius 2 is 1.79 bits per heavy atom. The van der Waals surface area contributed by atoms with Gasteiger partial charge < -0.3 is 10.2 Å². The number of hydrogen-bond acceptors (Lipinski definition) is 2. The molecule has 0 spiro atoms. The highest BCUT2D eigenvalue weighted by molar-refractivity contribution is 5.92. The van der Waals surface area contributed by atoms with E-state index in [0.717, 1.165) is 10.8 Å². The van der Waals surface area contributed by atoms with Gasteiger partial charge in [0.1, 0.15) is 11.5 Å². The predicted octanol–water partition coefficient (Wildman–Crippen LogP) is 3.07. The lowest BCUT2D eigenvalue weighted by Gasteiger charge is -2.05. The van der Waals surface area contributed by atoms with Crippen molar-refractivity contribution >= 4 is 16.5 Å². The van der Waals surface area contributed by atoms with Crippen molar-refractivity contribution in [3.8, 4) is 5.75 Å². The molecule has 14 heavy (non-hydrogen) atoms. The molecule has 0 aliphatic carbocycles. The van der Waals surface area contributed by atoms with Crippen LogP contribution in [0.1, 0.15) is 5.56 Å². The minimum Gasteiger partial charge on any atom is -0.508 e. The van der Waals surface area contributed by atoms with Crippen molar-refractivity contribution in [2.45, 2.75) is 0 Å². The lowest BCUT2D eigenvalue weighted by Crippen LogP contribution is -1.83. The monoisotopic (exact) mass is 186 g/mol. The second-order valence-electron chi connectivity index (χ2n) is 3.13.